The van der Waals surface area contributed by atoms with Crippen LogP contribution in [0.4, 0.5) is 0 Å². The van der Waals surface area contributed by atoms with Gasteiger partial charge in [0.1, 0.15) is 0 Å². The van der Waals surface area contributed by atoms with Crippen LogP contribution in [0.2, 0.25) is 0 Å². The molecule has 4 heteroatoms. The molecule has 0 saturated heterocycles. The molecule has 0 N–H and O–H groups in total. The molecular weight excluding hydrogens is 404 g/mol. The van der Waals surface area contributed by atoms with Gasteiger partial charge in [-0.2, -0.15) is 9.13 Å². The molecule has 2 aromatic heterocycles. The molecule has 0 amide bonds. The number of aromatic nitrogens is 2. The highest BCUT2D eigenvalue weighted by Gasteiger charge is 2.72. The van der Waals surface area contributed by atoms with Gasteiger partial charge in [-0.3, -0.25) is 0 Å². The van der Waals surface area contributed by atoms with Crippen LogP contribution in [0.1, 0.15) is 36.4 Å². The van der Waals surface area contributed by atoms with Gasteiger partial charge in [0.25, 0.3) is 0 Å². The fourth-order valence-electron chi connectivity index (χ4n) is 7.02. The van der Waals surface area contributed by atoms with Crippen molar-refractivity contribution in [3.05, 3.63) is 110 Å². The first kappa shape index (κ1) is 17.6. The van der Waals surface area contributed by atoms with E-state index in [2.05, 4.69) is 95.6 Å². The quantitative estimate of drug-likeness (QED) is 0.654. The van der Waals surface area contributed by atoms with E-state index in [9.17, 15) is 0 Å². The van der Waals surface area contributed by atoms with Gasteiger partial charge >= 0.3 is 5.91 Å². The van der Waals surface area contributed by atoms with Gasteiger partial charge in [0.05, 0.1) is 39.3 Å². The van der Waals surface area contributed by atoms with Crippen LogP contribution in [0.25, 0.3) is 18.2 Å². The number of nitrogens with zero attached hydrogens (tertiary/aromatic N) is 4. The van der Waals surface area contributed by atoms with Crippen LogP contribution >= 0.6 is 0 Å². The highest BCUT2D eigenvalue weighted by atomic mass is 15.6. The van der Waals surface area contributed by atoms with Gasteiger partial charge in [0, 0.05) is 23.3 Å². The van der Waals surface area contributed by atoms with Gasteiger partial charge in [-0.15, -0.1) is 0 Å². The van der Waals surface area contributed by atoms with E-state index in [1.807, 2.05) is 12.2 Å². The molecule has 0 aromatic carbocycles. The lowest BCUT2D eigenvalue weighted by molar-refractivity contribution is -0.836. The van der Waals surface area contributed by atoms with Gasteiger partial charge < -0.3 is 0 Å². The molecule has 1 spiro atoms. The van der Waals surface area contributed by atoms with E-state index < -0.39 is 5.91 Å². The van der Waals surface area contributed by atoms with Crippen LogP contribution in [0.15, 0.2) is 77.2 Å². The molecule has 0 aliphatic carbocycles. The molecule has 8 heterocycles. The molecule has 2 aromatic rings. The van der Waals surface area contributed by atoms with Gasteiger partial charge in [-0.25, -0.2) is 0 Å². The first-order chi connectivity index (χ1) is 15.9. The van der Waals surface area contributed by atoms with Gasteiger partial charge in [-0.05, 0) is 57.0 Å². The van der Waals surface area contributed by atoms with E-state index >= 15 is 0 Å². The third-order valence-corrected chi connectivity index (χ3v) is 8.35. The number of aryl methyl sites for hydroxylation is 2. The Hall–Kier alpha value is -3.92. The molecule has 1 atom stereocenters. The van der Waals surface area contributed by atoms with Gasteiger partial charge in [-0.1, -0.05) is 34.5 Å². The fourth-order valence-corrected chi connectivity index (χ4v) is 7.02. The topological polar surface area (TPSA) is 15.9 Å². The molecule has 0 saturated carbocycles. The lowest BCUT2D eigenvalue weighted by atomic mass is 10.0. The van der Waals surface area contributed by atoms with Crippen LogP contribution in [0.5, 0.6) is 0 Å². The summed E-state index contributed by atoms with van der Waals surface area (Å²) in [5, 5.41) is 2.51. The molecule has 0 fully saturated rings. The fraction of sp³-hybridized carbons (Fsp3) is 0.172. The van der Waals surface area contributed by atoms with Gasteiger partial charge in [0.2, 0.25) is 22.8 Å². The summed E-state index contributed by atoms with van der Waals surface area (Å²) in [6, 6.07) is 4.67. The van der Waals surface area contributed by atoms with Crippen LogP contribution in [-0.4, -0.2) is 29.7 Å². The second-order valence-corrected chi connectivity index (χ2v) is 9.82. The monoisotopic (exact) mass is 428 g/mol. The zero-order chi connectivity index (χ0) is 22.5. The summed E-state index contributed by atoms with van der Waals surface area (Å²) in [5.74, 6) is -0.585. The molecule has 6 aliphatic heterocycles. The predicted molar refractivity (Wildman–Crippen MR) is 131 cm³/mol. The lowest BCUT2D eigenvalue weighted by Crippen LogP contribution is -2.70. The molecule has 33 heavy (non-hydrogen) atoms. The Kier molecular flexibility index (Phi) is 2.68. The summed E-state index contributed by atoms with van der Waals surface area (Å²) in [5.41, 5.74) is 15.0. The third kappa shape index (κ3) is 1.52. The summed E-state index contributed by atoms with van der Waals surface area (Å²) in [4.78, 5) is 0. The number of rotatable bonds is 2. The molecule has 6 aliphatic rings. The summed E-state index contributed by atoms with van der Waals surface area (Å²) in [6.07, 6.45) is 13.5. The average molecular weight is 429 g/mol. The van der Waals surface area contributed by atoms with Crippen LogP contribution in [0, 0.1) is 13.8 Å². The van der Waals surface area contributed by atoms with Crippen molar-refractivity contribution in [3.63, 3.8) is 0 Å². The first-order valence-corrected chi connectivity index (χ1v) is 11.5. The van der Waals surface area contributed by atoms with Crippen LogP contribution in [-0.2, 0) is 5.91 Å². The average Bonchev–Trinajstić information content (AvgIpc) is 3.46. The summed E-state index contributed by atoms with van der Waals surface area (Å²) < 4.78 is 10.2. The maximum absolute atomic E-state index is 4.21. The van der Waals surface area contributed by atoms with E-state index in [1.54, 1.807) is 0 Å². The van der Waals surface area contributed by atoms with Crippen molar-refractivity contribution >= 4 is 29.7 Å². The first-order valence-electron chi connectivity index (χ1n) is 11.5. The van der Waals surface area contributed by atoms with E-state index in [0.717, 1.165) is 0 Å². The van der Waals surface area contributed by atoms with Crippen molar-refractivity contribution in [1.29, 1.82) is 0 Å². The standard InChI is InChI=1S/C29H24N4/c1-7-21-18(6)26-14-28-22(8-2)17(5)25-12-23-15(3)9-19-11-20-10-16(4)24-13-27(21)33(26)29(30(19)23,31(20)24)32(25)28/h7-14H,1-2H2,3-6H3/q+2/t29-/m1/s1. The van der Waals surface area contributed by atoms with E-state index in [4.69, 9.17) is 0 Å². The number of hydrogen-bond donors (Lipinski definition) is 0. The smallest absolute Gasteiger partial charge is 0.199 e. The Morgan fingerprint density at radius 1 is 0.758 bits per heavy atom. The van der Waals surface area contributed by atoms with E-state index in [1.165, 1.54) is 78.3 Å². The molecule has 0 bridgehead atoms. The van der Waals surface area contributed by atoms with Crippen molar-refractivity contribution in [2.24, 2.45) is 0 Å². The minimum atomic E-state index is -0.585. The minimum absolute atomic E-state index is 0.585. The normalized spacial score (nSPS) is 24.5. The molecule has 8 rings (SSSR count). The zero-order valence-electron chi connectivity index (χ0n) is 19.3. The van der Waals surface area contributed by atoms with Crippen molar-refractivity contribution in [1.82, 2.24) is 9.13 Å². The number of allylic oxidation sites excluding steroid dienone is 5. The minimum Gasteiger partial charge on any atom is -0.199 e. The Morgan fingerprint density at radius 2 is 1.39 bits per heavy atom. The summed E-state index contributed by atoms with van der Waals surface area (Å²) in [6.45, 7) is 17.3. The maximum atomic E-state index is 4.21. The Morgan fingerprint density at radius 3 is 2.06 bits per heavy atom. The van der Waals surface area contributed by atoms with Crippen LogP contribution in [0.3, 0.4) is 0 Å². The highest BCUT2D eigenvalue weighted by molar-refractivity contribution is 6.20. The van der Waals surface area contributed by atoms with E-state index in [-0.39, 0.29) is 0 Å². The molecule has 158 valence electrons. The Bertz CT molecular complexity index is 1810. The predicted octanol–water partition coefficient (Wildman–Crippen LogP) is 3.15. The SMILES string of the molecule is C=CC1=C(C)C2=[N+]3C1=Cc1c(C)cc4n1[C@@]31n3c(cc(C)c3=CC3=[N+]1C(=C2)C(C=C)=C3C)=C4. The molecule has 0 radical (unpaired) electrons. The molecule has 4 nitrogen and oxygen atoms in total. The summed E-state index contributed by atoms with van der Waals surface area (Å²) in [7, 11) is 0. The van der Waals surface area contributed by atoms with Crippen molar-refractivity contribution in [2.45, 2.75) is 33.6 Å². The molecule has 0 unspecified atom stereocenters. The Labute approximate surface area is 192 Å². The number of hydrogen-bond acceptors (Lipinski definition) is 0. The second-order valence-electron chi connectivity index (χ2n) is 9.82. The van der Waals surface area contributed by atoms with E-state index in [0.29, 0.717) is 0 Å². The Balaban J connectivity index is 1.72. The highest BCUT2D eigenvalue weighted by Crippen LogP contribution is 2.49. The lowest BCUT2D eigenvalue weighted by Gasteiger charge is -2.38. The molecular formula is C29H24N4+2. The van der Waals surface area contributed by atoms with Crippen molar-refractivity contribution in [3.8, 4) is 0 Å². The van der Waals surface area contributed by atoms with Crippen LogP contribution < -0.4 is 10.7 Å². The van der Waals surface area contributed by atoms with Gasteiger partial charge in [0.15, 0.2) is 0 Å². The zero-order valence-corrected chi connectivity index (χ0v) is 19.3. The second kappa shape index (κ2) is 5.01. The third-order valence-electron chi connectivity index (χ3n) is 8.35. The summed E-state index contributed by atoms with van der Waals surface area (Å²) >= 11 is 0. The van der Waals surface area contributed by atoms with Crippen molar-refractivity contribution < 1.29 is 9.15 Å². The van der Waals surface area contributed by atoms with Crippen molar-refractivity contribution in [2.75, 3.05) is 0 Å². The largest absolute Gasteiger partial charge is 0.553 e. The maximum Gasteiger partial charge on any atom is 0.553 e.